The zero-order chi connectivity index (χ0) is 22.7. The number of benzene rings is 2. The molecule has 7 nitrogen and oxygen atoms in total. The Hall–Kier alpha value is -3.87. The van der Waals surface area contributed by atoms with Crippen LogP contribution in [0.25, 0.3) is 0 Å². The smallest absolute Gasteiger partial charge is 0.279 e. The molecule has 32 heavy (non-hydrogen) atoms. The number of aryl methyl sites for hydroxylation is 4. The highest BCUT2D eigenvalue weighted by Crippen LogP contribution is 2.23. The Labute approximate surface area is 187 Å². The van der Waals surface area contributed by atoms with Gasteiger partial charge in [0.1, 0.15) is 18.1 Å². The summed E-state index contributed by atoms with van der Waals surface area (Å²) in [5, 5.41) is 11.3. The molecule has 0 saturated carbocycles. The van der Waals surface area contributed by atoms with Gasteiger partial charge in [0.2, 0.25) is 0 Å². The molecule has 2 aromatic heterocycles. The zero-order valence-electron chi connectivity index (χ0n) is 18.7. The number of rotatable bonds is 7. The molecule has 0 atom stereocenters. The molecule has 2 aromatic carbocycles. The molecule has 0 spiro atoms. The lowest BCUT2D eigenvalue weighted by molar-refractivity contribution is 0.101. The summed E-state index contributed by atoms with van der Waals surface area (Å²) in [6.45, 7) is 8.55. The van der Waals surface area contributed by atoms with E-state index in [1.54, 1.807) is 6.92 Å². The van der Waals surface area contributed by atoms with Crippen molar-refractivity contribution in [2.75, 3.05) is 5.32 Å². The van der Waals surface area contributed by atoms with Crippen molar-refractivity contribution >= 4 is 11.7 Å². The maximum Gasteiger partial charge on any atom is 0.279 e. The van der Waals surface area contributed by atoms with Crippen LogP contribution in [0.3, 0.4) is 0 Å². The normalized spacial score (nSPS) is 10.9. The van der Waals surface area contributed by atoms with Gasteiger partial charge in [-0.1, -0.05) is 53.2 Å². The van der Waals surface area contributed by atoms with Crippen molar-refractivity contribution in [1.29, 1.82) is 0 Å². The molecule has 0 aliphatic rings. The topological polar surface area (TPSA) is 82.2 Å². The van der Waals surface area contributed by atoms with Crippen LogP contribution in [0, 0.1) is 27.7 Å². The van der Waals surface area contributed by atoms with Crippen LogP contribution in [0.5, 0.6) is 5.75 Å². The lowest BCUT2D eigenvalue weighted by atomic mass is 10.1. The number of carbonyl (C=O) groups excluding carboxylic acids is 1. The first-order chi connectivity index (χ1) is 15.4. The van der Waals surface area contributed by atoms with Gasteiger partial charge >= 0.3 is 0 Å². The lowest BCUT2D eigenvalue weighted by Gasteiger charge is -2.10. The van der Waals surface area contributed by atoms with Gasteiger partial charge in [0.05, 0.1) is 12.1 Å². The molecule has 0 fully saturated rings. The molecule has 0 unspecified atom stereocenters. The number of hydrogen-bond donors (Lipinski definition) is 1. The third-order valence-corrected chi connectivity index (χ3v) is 5.30. The van der Waals surface area contributed by atoms with Gasteiger partial charge in [-0.2, -0.15) is 5.10 Å². The van der Waals surface area contributed by atoms with Gasteiger partial charge in [-0.05, 0) is 44.9 Å². The second-order valence-corrected chi connectivity index (χ2v) is 7.89. The molecular weight excluding hydrogens is 404 g/mol. The number of ether oxygens (including phenoxy) is 1. The van der Waals surface area contributed by atoms with E-state index in [2.05, 4.69) is 21.6 Å². The molecule has 164 valence electrons. The van der Waals surface area contributed by atoms with Crippen molar-refractivity contribution in [1.82, 2.24) is 14.9 Å². The maximum absolute atomic E-state index is 12.9. The fourth-order valence-electron chi connectivity index (χ4n) is 3.51. The first-order valence-electron chi connectivity index (χ1n) is 10.5. The minimum Gasteiger partial charge on any atom is -0.488 e. The minimum absolute atomic E-state index is 0.184. The average molecular weight is 431 g/mol. The summed E-state index contributed by atoms with van der Waals surface area (Å²) in [5.74, 6) is 1.39. The minimum atomic E-state index is -0.384. The van der Waals surface area contributed by atoms with E-state index >= 15 is 0 Å². The highest BCUT2D eigenvalue weighted by molar-refractivity contribution is 6.03. The Morgan fingerprint density at radius 3 is 2.59 bits per heavy atom. The summed E-state index contributed by atoms with van der Waals surface area (Å²) in [7, 11) is 0. The maximum atomic E-state index is 12.9. The second-order valence-electron chi connectivity index (χ2n) is 7.89. The van der Waals surface area contributed by atoms with Crippen LogP contribution in [0.4, 0.5) is 5.82 Å². The molecule has 2 heterocycles. The zero-order valence-corrected chi connectivity index (χ0v) is 18.7. The number of hydrogen-bond acceptors (Lipinski definition) is 5. The number of nitrogens with zero attached hydrogens (tertiary/aromatic N) is 3. The van der Waals surface area contributed by atoms with E-state index < -0.39 is 0 Å². The summed E-state index contributed by atoms with van der Waals surface area (Å²) in [6.07, 6.45) is 0. The van der Waals surface area contributed by atoms with Crippen molar-refractivity contribution in [3.05, 3.63) is 94.0 Å². The number of nitrogens with one attached hydrogen (secondary N) is 1. The van der Waals surface area contributed by atoms with Crippen molar-refractivity contribution in [3.8, 4) is 5.75 Å². The van der Waals surface area contributed by atoms with Crippen LogP contribution in [0.15, 0.2) is 59.1 Å². The Morgan fingerprint density at radius 1 is 1.06 bits per heavy atom. The van der Waals surface area contributed by atoms with Gasteiger partial charge in [0, 0.05) is 11.8 Å². The number of aromatic nitrogens is 3. The van der Waals surface area contributed by atoms with Crippen LogP contribution in [0.1, 0.15) is 44.2 Å². The van der Waals surface area contributed by atoms with E-state index in [0.717, 1.165) is 28.1 Å². The molecule has 0 bridgehead atoms. The molecule has 4 aromatic rings. The van der Waals surface area contributed by atoms with E-state index in [0.29, 0.717) is 23.7 Å². The standard InChI is InChI=1S/C25H26N4O3/c1-16-10-11-22(17(2)12-16)31-15-21-19(4)32-28-24(21)25(30)26-23-13-18(3)29(27-23)14-20-8-6-5-7-9-20/h5-13H,14-15H2,1-4H3,(H,26,27,30). The summed E-state index contributed by atoms with van der Waals surface area (Å²) >= 11 is 0. The van der Waals surface area contributed by atoms with E-state index in [-0.39, 0.29) is 18.2 Å². The van der Waals surface area contributed by atoms with Crippen molar-refractivity contribution < 1.29 is 14.1 Å². The number of carbonyl (C=O) groups is 1. The Kier molecular flexibility index (Phi) is 6.07. The van der Waals surface area contributed by atoms with Crippen LogP contribution >= 0.6 is 0 Å². The van der Waals surface area contributed by atoms with Gasteiger partial charge in [-0.25, -0.2) is 0 Å². The van der Waals surface area contributed by atoms with E-state index in [4.69, 9.17) is 9.26 Å². The summed E-state index contributed by atoms with van der Waals surface area (Å²) in [6, 6.07) is 17.8. The summed E-state index contributed by atoms with van der Waals surface area (Å²) in [4.78, 5) is 12.9. The van der Waals surface area contributed by atoms with E-state index in [1.807, 2.05) is 74.0 Å². The fraction of sp³-hybridized carbons (Fsp3) is 0.240. The van der Waals surface area contributed by atoms with E-state index in [9.17, 15) is 4.79 Å². The summed E-state index contributed by atoms with van der Waals surface area (Å²) in [5.41, 5.74) is 5.08. The van der Waals surface area contributed by atoms with Crippen LogP contribution in [-0.4, -0.2) is 20.8 Å². The molecule has 1 N–H and O–H groups in total. The van der Waals surface area contributed by atoms with Gasteiger partial charge in [-0.15, -0.1) is 0 Å². The largest absolute Gasteiger partial charge is 0.488 e. The Bertz CT molecular complexity index is 1240. The first kappa shape index (κ1) is 21.4. The number of amides is 1. The molecule has 0 aliphatic heterocycles. The Balaban J connectivity index is 1.47. The average Bonchev–Trinajstić information content (AvgIpc) is 3.30. The van der Waals surface area contributed by atoms with Gasteiger partial charge < -0.3 is 14.6 Å². The number of anilines is 1. The molecule has 0 saturated heterocycles. The first-order valence-corrected chi connectivity index (χ1v) is 10.5. The second kappa shape index (κ2) is 9.09. The third kappa shape index (κ3) is 4.72. The third-order valence-electron chi connectivity index (χ3n) is 5.30. The molecule has 0 aliphatic carbocycles. The predicted octanol–water partition coefficient (Wildman–Crippen LogP) is 4.98. The Morgan fingerprint density at radius 2 is 1.84 bits per heavy atom. The van der Waals surface area contributed by atoms with Crippen LogP contribution < -0.4 is 10.1 Å². The monoisotopic (exact) mass is 430 g/mol. The van der Waals surface area contributed by atoms with E-state index in [1.165, 1.54) is 0 Å². The predicted molar refractivity (Wildman–Crippen MR) is 122 cm³/mol. The molecule has 4 rings (SSSR count). The lowest BCUT2D eigenvalue weighted by Crippen LogP contribution is -2.16. The molecule has 7 heteroatoms. The molecule has 0 radical (unpaired) electrons. The van der Waals surface area contributed by atoms with Crippen molar-refractivity contribution in [3.63, 3.8) is 0 Å². The van der Waals surface area contributed by atoms with Crippen molar-refractivity contribution in [2.24, 2.45) is 0 Å². The molecule has 1 amide bonds. The summed E-state index contributed by atoms with van der Waals surface area (Å²) < 4.78 is 13.1. The van der Waals surface area contributed by atoms with Crippen molar-refractivity contribution in [2.45, 2.75) is 40.8 Å². The van der Waals surface area contributed by atoms with Gasteiger partial charge in [0.15, 0.2) is 11.5 Å². The highest BCUT2D eigenvalue weighted by atomic mass is 16.5. The van der Waals surface area contributed by atoms with Gasteiger partial charge in [-0.3, -0.25) is 9.48 Å². The van der Waals surface area contributed by atoms with Crippen LogP contribution in [0.2, 0.25) is 0 Å². The fourth-order valence-corrected chi connectivity index (χ4v) is 3.51. The van der Waals surface area contributed by atoms with Gasteiger partial charge in [0.25, 0.3) is 5.91 Å². The highest BCUT2D eigenvalue weighted by Gasteiger charge is 2.22. The quantitative estimate of drug-likeness (QED) is 0.447. The van der Waals surface area contributed by atoms with Crippen LogP contribution in [-0.2, 0) is 13.2 Å². The SMILES string of the molecule is Cc1ccc(OCc2c(C(=O)Nc3cc(C)n(Cc4ccccc4)n3)noc2C)c(C)c1. The molecular formula is C25H26N4O3.